The molecule has 0 aliphatic heterocycles. The quantitative estimate of drug-likeness (QED) is 0.935. The fraction of sp³-hybridized carbons (Fsp3) is 0.0667. The van der Waals surface area contributed by atoms with Crippen molar-refractivity contribution < 1.29 is 19.1 Å². The van der Waals surface area contributed by atoms with E-state index >= 15 is 0 Å². The molecule has 20 heavy (non-hydrogen) atoms. The van der Waals surface area contributed by atoms with Gasteiger partial charge in [-0.1, -0.05) is 6.07 Å². The van der Waals surface area contributed by atoms with Crippen molar-refractivity contribution in [2.24, 2.45) is 0 Å². The number of carbonyl (C=O) groups is 2. The molecule has 0 fully saturated rings. The van der Waals surface area contributed by atoms with E-state index in [1.54, 1.807) is 6.07 Å². The van der Waals surface area contributed by atoms with Gasteiger partial charge >= 0.3 is 5.97 Å². The average molecular weight is 273 g/mol. The zero-order chi connectivity index (χ0) is 14.7. The molecule has 5 heteroatoms. The smallest absolute Gasteiger partial charge is 0.335 e. The minimum Gasteiger partial charge on any atom is -0.478 e. The van der Waals surface area contributed by atoms with Gasteiger partial charge in [-0.25, -0.2) is 9.18 Å². The van der Waals surface area contributed by atoms with Gasteiger partial charge in [-0.15, -0.1) is 0 Å². The molecule has 2 rings (SSSR count). The molecule has 0 saturated carbocycles. The summed E-state index contributed by atoms with van der Waals surface area (Å²) in [5.41, 5.74) is 0.869. The molecular weight excluding hydrogens is 261 g/mol. The third kappa shape index (κ3) is 2.83. The molecule has 0 atom stereocenters. The molecule has 1 amide bonds. The van der Waals surface area contributed by atoms with Crippen molar-refractivity contribution in [1.82, 2.24) is 0 Å². The summed E-state index contributed by atoms with van der Waals surface area (Å²) in [5.74, 6) is -1.82. The number of rotatable bonds is 3. The number of carboxylic acid groups (broad SMARTS) is 1. The van der Waals surface area contributed by atoms with Crippen molar-refractivity contribution in [2.45, 2.75) is 0 Å². The molecule has 0 bridgehead atoms. The standard InChI is InChI=1S/C15H12FNO3/c1-17(13-4-2-3-12(16)9-13)14(18)10-5-7-11(8-6-10)15(19)20/h2-9H,1H3,(H,19,20). The molecule has 0 radical (unpaired) electrons. The van der Waals surface area contributed by atoms with Gasteiger partial charge < -0.3 is 10.0 Å². The van der Waals surface area contributed by atoms with E-state index in [1.807, 2.05) is 0 Å². The van der Waals surface area contributed by atoms with Crippen LogP contribution in [0.4, 0.5) is 10.1 Å². The van der Waals surface area contributed by atoms with Crippen molar-refractivity contribution >= 4 is 17.6 Å². The second-order valence-corrected chi connectivity index (χ2v) is 4.23. The Balaban J connectivity index is 2.24. The minimum absolute atomic E-state index is 0.106. The van der Waals surface area contributed by atoms with Gasteiger partial charge in [-0.3, -0.25) is 4.79 Å². The maximum absolute atomic E-state index is 13.1. The fourth-order valence-corrected chi connectivity index (χ4v) is 1.75. The number of hydrogen-bond donors (Lipinski definition) is 1. The number of anilines is 1. The third-order valence-corrected chi connectivity index (χ3v) is 2.88. The van der Waals surface area contributed by atoms with E-state index in [0.717, 1.165) is 0 Å². The molecule has 1 N–H and O–H groups in total. The first kappa shape index (κ1) is 13.7. The first-order valence-electron chi connectivity index (χ1n) is 5.86. The van der Waals surface area contributed by atoms with Crippen LogP contribution in [0.3, 0.4) is 0 Å². The van der Waals surface area contributed by atoms with Crippen molar-refractivity contribution in [2.75, 3.05) is 11.9 Å². The van der Waals surface area contributed by atoms with E-state index in [2.05, 4.69) is 0 Å². The van der Waals surface area contributed by atoms with Crippen LogP contribution < -0.4 is 4.90 Å². The number of aromatic carboxylic acids is 1. The van der Waals surface area contributed by atoms with Crippen LogP contribution in [0.2, 0.25) is 0 Å². The van der Waals surface area contributed by atoms with Crippen LogP contribution >= 0.6 is 0 Å². The highest BCUT2D eigenvalue weighted by molar-refractivity contribution is 6.06. The largest absolute Gasteiger partial charge is 0.478 e. The molecule has 0 aromatic heterocycles. The summed E-state index contributed by atoms with van der Waals surface area (Å²) in [5, 5.41) is 8.80. The molecule has 4 nitrogen and oxygen atoms in total. The highest BCUT2D eigenvalue weighted by atomic mass is 19.1. The predicted molar refractivity (Wildman–Crippen MR) is 72.5 cm³/mol. The second-order valence-electron chi connectivity index (χ2n) is 4.23. The predicted octanol–water partition coefficient (Wildman–Crippen LogP) is 2.80. The van der Waals surface area contributed by atoms with Crippen LogP contribution in [-0.2, 0) is 0 Å². The monoisotopic (exact) mass is 273 g/mol. The molecule has 2 aromatic carbocycles. The van der Waals surface area contributed by atoms with Gasteiger partial charge in [0, 0.05) is 18.3 Å². The van der Waals surface area contributed by atoms with E-state index < -0.39 is 11.8 Å². The number of hydrogen-bond acceptors (Lipinski definition) is 2. The second kappa shape index (κ2) is 5.52. The van der Waals surface area contributed by atoms with Crippen molar-refractivity contribution in [1.29, 1.82) is 0 Å². The van der Waals surface area contributed by atoms with E-state index in [9.17, 15) is 14.0 Å². The number of nitrogens with zero attached hydrogens (tertiary/aromatic N) is 1. The third-order valence-electron chi connectivity index (χ3n) is 2.88. The zero-order valence-electron chi connectivity index (χ0n) is 10.7. The minimum atomic E-state index is -1.05. The topological polar surface area (TPSA) is 57.6 Å². The lowest BCUT2D eigenvalue weighted by Crippen LogP contribution is -2.26. The van der Waals surface area contributed by atoms with Crippen molar-refractivity contribution in [3.8, 4) is 0 Å². The summed E-state index contributed by atoms with van der Waals surface area (Å²) >= 11 is 0. The fourth-order valence-electron chi connectivity index (χ4n) is 1.75. The average Bonchev–Trinajstić information content (AvgIpc) is 2.46. The van der Waals surface area contributed by atoms with Crippen LogP contribution in [0.5, 0.6) is 0 Å². The SMILES string of the molecule is CN(C(=O)c1ccc(C(=O)O)cc1)c1cccc(F)c1. The van der Waals surface area contributed by atoms with Crippen molar-refractivity contribution in [3.63, 3.8) is 0 Å². The molecule has 2 aromatic rings. The lowest BCUT2D eigenvalue weighted by atomic mass is 10.1. The van der Waals surface area contributed by atoms with Gasteiger partial charge in [0.05, 0.1) is 5.56 Å². The first-order valence-corrected chi connectivity index (χ1v) is 5.86. The Labute approximate surface area is 115 Å². The zero-order valence-corrected chi connectivity index (χ0v) is 10.7. The van der Waals surface area contributed by atoms with Gasteiger partial charge in [0.1, 0.15) is 5.82 Å². The van der Waals surface area contributed by atoms with Crippen molar-refractivity contribution in [3.05, 3.63) is 65.5 Å². The highest BCUT2D eigenvalue weighted by Gasteiger charge is 2.14. The maximum Gasteiger partial charge on any atom is 0.335 e. The number of halogens is 1. The van der Waals surface area contributed by atoms with Crippen LogP contribution in [-0.4, -0.2) is 24.0 Å². The maximum atomic E-state index is 13.1. The molecule has 0 saturated heterocycles. The number of carbonyl (C=O) groups excluding carboxylic acids is 1. The molecule has 0 unspecified atom stereocenters. The van der Waals surface area contributed by atoms with E-state index in [0.29, 0.717) is 11.3 Å². The Hall–Kier alpha value is -2.69. The first-order chi connectivity index (χ1) is 9.49. The van der Waals surface area contributed by atoms with Crippen LogP contribution in [0, 0.1) is 5.82 Å². The summed E-state index contributed by atoms with van der Waals surface area (Å²) in [7, 11) is 1.53. The summed E-state index contributed by atoms with van der Waals surface area (Å²) in [6, 6.07) is 11.3. The van der Waals surface area contributed by atoms with E-state index in [4.69, 9.17) is 5.11 Å². The Morgan fingerprint density at radius 1 is 1.05 bits per heavy atom. The lowest BCUT2D eigenvalue weighted by molar-refractivity contribution is 0.0696. The molecule has 0 aliphatic rings. The summed E-state index contributed by atoms with van der Waals surface area (Å²) < 4.78 is 13.1. The highest BCUT2D eigenvalue weighted by Crippen LogP contribution is 2.17. The Morgan fingerprint density at radius 2 is 1.65 bits per heavy atom. The molecular formula is C15H12FNO3. The molecule has 0 aliphatic carbocycles. The van der Waals surface area contributed by atoms with Crippen LogP contribution in [0.25, 0.3) is 0 Å². The molecule has 0 spiro atoms. The van der Waals surface area contributed by atoms with Crippen LogP contribution in [0.15, 0.2) is 48.5 Å². The number of amides is 1. The Morgan fingerprint density at radius 3 is 2.20 bits per heavy atom. The van der Waals surface area contributed by atoms with Gasteiger partial charge in [0.2, 0.25) is 0 Å². The Bertz CT molecular complexity index is 652. The van der Waals surface area contributed by atoms with Crippen LogP contribution in [0.1, 0.15) is 20.7 Å². The summed E-state index contributed by atoms with van der Waals surface area (Å²) in [4.78, 5) is 24.2. The van der Waals surface area contributed by atoms with E-state index in [-0.39, 0.29) is 11.5 Å². The van der Waals surface area contributed by atoms with E-state index in [1.165, 1.54) is 54.4 Å². The normalized spacial score (nSPS) is 10.1. The summed E-state index contributed by atoms with van der Waals surface area (Å²) in [6.07, 6.45) is 0. The van der Waals surface area contributed by atoms with Gasteiger partial charge in [-0.2, -0.15) is 0 Å². The molecule has 102 valence electrons. The Kier molecular flexibility index (Phi) is 3.79. The summed E-state index contributed by atoms with van der Waals surface area (Å²) in [6.45, 7) is 0. The lowest BCUT2D eigenvalue weighted by Gasteiger charge is -2.17. The number of benzene rings is 2. The van der Waals surface area contributed by atoms with Gasteiger partial charge in [0.15, 0.2) is 0 Å². The molecule has 0 heterocycles. The van der Waals surface area contributed by atoms with Gasteiger partial charge in [0.25, 0.3) is 5.91 Å². The number of carboxylic acids is 1. The van der Waals surface area contributed by atoms with Gasteiger partial charge in [-0.05, 0) is 42.5 Å².